The molecule has 2 amide bonds. The number of hydrogen-bond donors (Lipinski definition) is 3. The van der Waals surface area contributed by atoms with Crippen LogP contribution in [0, 0.1) is 0 Å². The first kappa shape index (κ1) is 32.4. The summed E-state index contributed by atoms with van der Waals surface area (Å²) in [5.74, 6) is -0.990. The lowest BCUT2D eigenvalue weighted by Gasteiger charge is -2.31. The molecule has 2 aliphatic rings. The van der Waals surface area contributed by atoms with Crippen LogP contribution in [-0.2, 0) is 4.79 Å². The molecule has 0 aliphatic carbocycles. The molecule has 3 N–H and O–H groups in total. The standard InChI is InChI=1S/C39H44N4O4/c44-37(32-16-14-31-25-33(39(46)47)17-15-30(31)24-32)40-26-34-18-23-43(38(45)36(41-34)19-22-42-20-8-3-9-21-42)27-35(28-10-4-1-5-11-28)29-12-6-2-7-13-29/h1-2,4-7,10-17,24-25,34-36,41H,3,8-9,18-23,26-27H2,(H,40,44)(H,46,47). The van der Waals surface area contributed by atoms with E-state index in [9.17, 15) is 19.5 Å². The molecule has 0 saturated carbocycles. The fourth-order valence-electron chi connectivity index (χ4n) is 6.96. The van der Waals surface area contributed by atoms with E-state index in [4.69, 9.17) is 0 Å². The zero-order chi connectivity index (χ0) is 32.6. The summed E-state index contributed by atoms with van der Waals surface area (Å²) in [5.41, 5.74) is 3.10. The summed E-state index contributed by atoms with van der Waals surface area (Å²) >= 11 is 0. The molecular formula is C39H44N4O4. The van der Waals surface area contributed by atoms with Crippen molar-refractivity contribution >= 4 is 28.6 Å². The molecule has 0 bridgehead atoms. The molecule has 0 aromatic heterocycles. The summed E-state index contributed by atoms with van der Waals surface area (Å²) in [6.07, 6.45) is 5.13. The zero-order valence-corrected chi connectivity index (χ0v) is 26.8. The Hall–Kier alpha value is -4.53. The van der Waals surface area contributed by atoms with Gasteiger partial charge in [-0.25, -0.2) is 4.79 Å². The predicted octanol–water partition coefficient (Wildman–Crippen LogP) is 5.54. The van der Waals surface area contributed by atoms with E-state index in [1.54, 1.807) is 36.4 Å². The van der Waals surface area contributed by atoms with Crippen LogP contribution < -0.4 is 10.6 Å². The highest BCUT2D eigenvalue weighted by Gasteiger charge is 2.33. The van der Waals surface area contributed by atoms with Gasteiger partial charge in [-0.2, -0.15) is 0 Å². The number of rotatable bonds is 11. The van der Waals surface area contributed by atoms with Gasteiger partial charge in [0, 0.05) is 43.7 Å². The van der Waals surface area contributed by atoms with Crippen LogP contribution in [0.2, 0.25) is 0 Å². The number of carboxylic acids is 1. The molecule has 0 radical (unpaired) electrons. The van der Waals surface area contributed by atoms with Gasteiger partial charge in [0.2, 0.25) is 5.91 Å². The molecule has 8 nitrogen and oxygen atoms in total. The molecule has 2 atom stereocenters. The van der Waals surface area contributed by atoms with Gasteiger partial charge in [0.05, 0.1) is 11.6 Å². The van der Waals surface area contributed by atoms with Crippen LogP contribution in [0.3, 0.4) is 0 Å². The molecule has 0 spiro atoms. The van der Waals surface area contributed by atoms with E-state index in [0.29, 0.717) is 25.2 Å². The first-order valence-corrected chi connectivity index (χ1v) is 16.9. The molecule has 8 heteroatoms. The average Bonchev–Trinajstić information content (AvgIpc) is 3.26. The predicted molar refractivity (Wildman–Crippen MR) is 185 cm³/mol. The number of fused-ring (bicyclic) bond motifs is 1. The number of likely N-dealkylation sites (tertiary alicyclic amines) is 1. The van der Waals surface area contributed by atoms with Gasteiger partial charge in [0.1, 0.15) is 0 Å². The largest absolute Gasteiger partial charge is 0.478 e. The number of nitrogens with zero attached hydrogens (tertiary/aromatic N) is 2. The van der Waals surface area contributed by atoms with Gasteiger partial charge in [0.25, 0.3) is 5.91 Å². The van der Waals surface area contributed by atoms with Crippen molar-refractivity contribution in [3.05, 3.63) is 119 Å². The van der Waals surface area contributed by atoms with Gasteiger partial charge in [-0.05, 0) is 84.9 Å². The number of amides is 2. The lowest BCUT2D eigenvalue weighted by Crippen LogP contribution is -2.50. The summed E-state index contributed by atoms with van der Waals surface area (Å²) in [6, 6.07) is 30.6. The smallest absolute Gasteiger partial charge is 0.335 e. The van der Waals surface area contributed by atoms with E-state index in [1.165, 1.54) is 30.4 Å². The number of benzene rings is 4. The summed E-state index contributed by atoms with van der Waals surface area (Å²) < 4.78 is 0. The Bertz CT molecular complexity index is 1630. The van der Waals surface area contributed by atoms with E-state index >= 15 is 0 Å². The second-order valence-electron chi connectivity index (χ2n) is 12.8. The number of hydrogen-bond acceptors (Lipinski definition) is 5. The fraction of sp³-hybridized carbons (Fsp3) is 0.359. The summed E-state index contributed by atoms with van der Waals surface area (Å²) in [4.78, 5) is 43.4. The van der Waals surface area contributed by atoms with Crippen LogP contribution in [0.5, 0.6) is 0 Å². The zero-order valence-electron chi connectivity index (χ0n) is 26.8. The van der Waals surface area contributed by atoms with E-state index in [0.717, 1.165) is 43.2 Å². The Morgan fingerprint density at radius 3 is 2.06 bits per heavy atom. The quantitative estimate of drug-likeness (QED) is 0.201. The molecular weight excluding hydrogens is 588 g/mol. The molecule has 2 aliphatic heterocycles. The first-order valence-electron chi connectivity index (χ1n) is 16.9. The molecule has 4 aromatic carbocycles. The first-order chi connectivity index (χ1) is 22.9. The van der Waals surface area contributed by atoms with Crippen molar-refractivity contribution < 1.29 is 19.5 Å². The van der Waals surface area contributed by atoms with Crippen LogP contribution in [0.15, 0.2) is 97.1 Å². The highest BCUT2D eigenvalue weighted by molar-refractivity contribution is 6.00. The molecule has 4 aromatic rings. The number of piperidine rings is 1. The topological polar surface area (TPSA) is 102 Å². The fourth-order valence-corrected chi connectivity index (χ4v) is 6.96. The number of carbonyl (C=O) groups excluding carboxylic acids is 2. The molecule has 2 saturated heterocycles. The van der Waals surface area contributed by atoms with E-state index in [1.807, 2.05) is 17.0 Å². The third-order valence-electron chi connectivity index (χ3n) is 9.64. The van der Waals surface area contributed by atoms with Crippen molar-refractivity contribution in [2.45, 2.75) is 50.1 Å². The van der Waals surface area contributed by atoms with Gasteiger partial charge in [-0.15, -0.1) is 0 Å². The molecule has 47 heavy (non-hydrogen) atoms. The van der Waals surface area contributed by atoms with Crippen LogP contribution in [-0.4, -0.2) is 84.0 Å². The minimum absolute atomic E-state index is 0.0554. The van der Waals surface area contributed by atoms with Crippen molar-refractivity contribution in [2.75, 3.05) is 39.3 Å². The van der Waals surface area contributed by atoms with Crippen LogP contribution in [0.1, 0.15) is 69.9 Å². The molecule has 6 rings (SSSR count). The third kappa shape index (κ3) is 8.25. The van der Waals surface area contributed by atoms with Gasteiger partial charge in [-0.3, -0.25) is 9.59 Å². The van der Waals surface area contributed by atoms with Crippen molar-refractivity contribution in [2.24, 2.45) is 0 Å². The van der Waals surface area contributed by atoms with E-state index in [-0.39, 0.29) is 35.4 Å². The normalized spacial score (nSPS) is 19.1. The van der Waals surface area contributed by atoms with Gasteiger partial charge in [-0.1, -0.05) is 79.2 Å². The Labute approximate surface area is 276 Å². The van der Waals surface area contributed by atoms with Crippen LogP contribution in [0.4, 0.5) is 0 Å². The second-order valence-corrected chi connectivity index (χ2v) is 12.8. The van der Waals surface area contributed by atoms with Crippen molar-refractivity contribution in [3.8, 4) is 0 Å². The Kier molecular flexibility index (Phi) is 10.6. The number of carbonyl (C=O) groups is 3. The summed E-state index contributed by atoms with van der Waals surface area (Å²) in [6.45, 7) is 4.63. The lowest BCUT2D eigenvalue weighted by molar-refractivity contribution is -0.133. The SMILES string of the molecule is O=C(O)c1ccc2cc(C(=O)NCC3CCN(CC(c4ccccc4)c4ccccc4)C(=O)C(CCN4CCCCC4)N3)ccc2c1. The molecule has 2 fully saturated rings. The second kappa shape index (κ2) is 15.4. The minimum Gasteiger partial charge on any atom is -0.478 e. The van der Waals surface area contributed by atoms with Crippen LogP contribution >= 0.6 is 0 Å². The maximum absolute atomic E-state index is 14.2. The van der Waals surface area contributed by atoms with Crippen molar-refractivity contribution in [1.82, 2.24) is 20.4 Å². The number of aromatic carboxylic acids is 1. The molecule has 244 valence electrons. The number of carboxylic acid groups (broad SMARTS) is 1. The summed E-state index contributed by atoms with van der Waals surface area (Å²) in [7, 11) is 0. The monoisotopic (exact) mass is 632 g/mol. The van der Waals surface area contributed by atoms with Gasteiger partial charge < -0.3 is 25.5 Å². The van der Waals surface area contributed by atoms with E-state index < -0.39 is 5.97 Å². The Morgan fingerprint density at radius 2 is 1.43 bits per heavy atom. The number of nitrogens with one attached hydrogen (secondary N) is 2. The summed E-state index contributed by atoms with van der Waals surface area (Å²) in [5, 5.41) is 17.6. The van der Waals surface area contributed by atoms with Gasteiger partial charge >= 0.3 is 5.97 Å². The molecule has 2 heterocycles. The maximum Gasteiger partial charge on any atom is 0.335 e. The van der Waals surface area contributed by atoms with E-state index in [2.05, 4.69) is 64.1 Å². The highest BCUT2D eigenvalue weighted by atomic mass is 16.4. The third-order valence-corrected chi connectivity index (χ3v) is 9.64. The van der Waals surface area contributed by atoms with Crippen molar-refractivity contribution in [3.63, 3.8) is 0 Å². The highest BCUT2D eigenvalue weighted by Crippen LogP contribution is 2.27. The minimum atomic E-state index is -0.980. The van der Waals surface area contributed by atoms with Crippen molar-refractivity contribution in [1.29, 1.82) is 0 Å². The average molecular weight is 633 g/mol. The molecule has 2 unspecified atom stereocenters. The maximum atomic E-state index is 14.2. The van der Waals surface area contributed by atoms with Crippen LogP contribution in [0.25, 0.3) is 10.8 Å². The Balaban J connectivity index is 1.17. The van der Waals surface area contributed by atoms with Gasteiger partial charge in [0.15, 0.2) is 0 Å². The Morgan fingerprint density at radius 1 is 0.809 bits per heavy atom. The lowest BCUT2D eigenvalue weighted by atomic mass is 9.90.